The molecule has 0 amide bonds. The van der Waals surface area contributed by atoms with Crippen LogP contribution >= 0.6 is 0 Å². The quantitative estimate of drug-likeness (QED) is 0.410. The van der Waals surface area contributed by atoms with Crippen molar-refractivity contribution >= 4 is 9.52 Å². The minimum absolute atomic E-state index is 0.173. The zero-order chi connectivity index (χ0) is 18.5. The van der Waals surface area contributed by atoms with Crippen LogP contribution in [0.4, 0.5) is 13.2 Å². The Balaban J connectivity index is 1.55. The van der Waals surface area contributed by atoms with Crippen LogP contribution in [0, 0.1) is 23.4 Å². The Morgan fingerprint density at radius 1 is 0.885 bits per heavy atom. The standard InChI is InChI=1S/C22H27F3Si/c1-2-26-19-11-7-16(8-12-19)4-3-15-5-9-17(10-6-15)18-13-20(23)22(25)21(24)14-18/h5-6,9-10,13-14,16,19H,2-4,7-8,11-12,26H2,1H3/t16-,19-. The third-order valence-corrected chi connectivity index (χ3v) is 7.99. The van der Waals surface area contributed by atoms with Crippen LogP contribution in [0.25, 0.3) is 11.1 Å². The highest BCUT2D eigenvalue weighted by Crippen LogP contribution is 2.35. The van der Waals surface area contributed by atoms with Crippen molar-refractivity contribution in [1.82, 2.24) is 0 Å². The first-order chi connectivity index (χ1) is 12.6. The maximum Gasteiger partial charge on any atom is 0.194 e. The van der Waals surface area contributed by atoms with Crippen LogP contribution in [0.1, 0.15) is 44.6 Å². The third-order valence-electron chi connectivity index (χ3n) is 5.78. The summed E-state index contributed by atoms with van der Waals surface area (Å²) in [6.45, 7) is 2.33. The van der Waals surface area contributed by atoms with Crippen molar-refractivity contribution in [1.29, 1.82) is 0 Å². The van der Waals surface area contributed by atoms with E-state index < -0.39 is 17.5 Å². The molecular formula is C22H27F3Si. The summed E-state index contributed by atoms with van der Waals surface area (Å²) in [7, 11) is 0.173. The molecular weight excluding hydrogens is 349 g/mol. The molecule has 0 N–H and O–H groups in total. The Labute approximate surface area is 156 Å². The molecule has 0 heterocycles. The van der Waals surface area contributed by atoms with Crippen LogP contribution in [0.5, 0.6) is 0 Å². The predicted octanol–water partition coefficient (Wildman–Crippen LogP) is 6.29. The summed E-state index contributed by atoms with van der Waals surface area (Å²) in [5, 5.41) is 0. The lowest BCUT2D eigenvalue weighted by molar-refractivity contribution is 0.338. The molecule has 0 aromatic heterocycles. The molecule has 0 spiro atoms. The molecule has 1 aliphatic carbocycles. The molecule has 0 nitrogen and oxygen atoms in total. The van der Waals surface area contributed by atoms with Crippen molar-refractivity contribution in [2.45, 2.75) is 57.0 Å². The Hall–Kier alpha value is -1.55. The molecule has 1 fully saturated rings. The number of halogens is 3. The summed E-state index contributed by atoms with van der Waals surface area (Å²) in [5.41, 5.74) is 3.40. The highest BCUT2D eigenvalue weighted by Gasteiger charge is 2.20. The fraction of sp³-hybridized carbons (Fsp3) is 0.455. The van der Waals surface area contributed by atoms with Crippen LogP contribution < -0.4 is 0 Å². The number of hydrogen-bond donors (Lipinski definition) is 0. The van der Waals surface area contributed by atoms with Crippen molar-refractivity contribution in [2.24, 2.45) is 5.92 Å². The minimum atomic E-state index is -1.42. The van der Waals surface area contributed by atoms with Crippen LogP contribution in [0.15, 0.2) is 36.4 Å². The second kappa shape index (κ2) is 8.89. The van der Waals surface area contributed by atoms with Gasteiger partial charge in [0, 0.05) is 9.52 Å². The van der Waals surface area contributed by atoms with Gasteiger partial charge in [0.1, 0.15) is 0 Å². The Morgan fingerprint density at radius 3 is 2.08 bits per heavy atom. The molecule has 1 saturated carbocycles. The predicted molar refractivity (Wildman–Crippen MR) is 105 cm³/mol. The molecule has 3 rings (SSSR count). The molecule has 4 heteroatoms. The van der Waals surface area contributed by atoms with Gasteiger partial charge in [0.25, 0.3) is 0 Å². The molecule has 0 aliphatic heterocycles. The third kappa shape index (κ3) is 4.79. The van der Waals surface area contributed by atoms with Crippen molar-refractivity contribution in [3.05, 3.63) is 59.4 Å². The van der Waals surface area contributed by atoms with E-state index in [-0.39, 0.29) is 9.52 Å². The smallest absolute Gasteiger partial charge is 0.194 e. The number of aryl methyl sites for hydroxylation is 1. The van der Waals surface area contributed by atoms with Crippen molar-refractivity contribution in [3.8, 4) is 11.1 Å². The maximum absolute atomic E-state index is 13.4. The zero-order valence-electron chi connectivity index (χ0n) is 15.4. The maximum atomic E-state index is 13.4. The van der Waals surface area contributed by atoms with Gasteiger partial charge in [-0.15, -0.1) is 0 Å². The second-order valence-corrected chi connectivity index (χ2v) is 10.4. The van der Waals surface area contributed by atoms with Gasteiger partial charge in [-0.2, -0.15) is 0 Å². The molecule has 2 aromatic carbocycles. The SMILES string of the molecule is CC[SiH2][C@H]1CC[C@H](CCc2ccc(-c3cc(F)c(F)c(F)c3)cc2)CC1. The van der Waals surface area contributed by atoms with Gasteiger partial charge < -0.3 is 0 Å². The van der Waals surface area contributed by atoms with E-state index >= 15 is 0 Å². The van der Waals surface area contributed by atoms with Gasteiger partial charge in [-0.25, -0.2) is 13.2 Å². The largest absolute Gasteiger partial charge is 0.204 e. The van der Waals surface area contributed by atoms with Gasteiger partial charge in [-0.05, 0) is 47.6 Å². The van der Waals surface area contributed by atoms with Crippen LogP contribution in [-0.2, 0) is 6.42 Å². The summed E-state index contributed by atoms with van der Waals surface area (Å²) < 4.78 is 39.9. The number of rotatable bonds is 6. The number of hydrogen-bond acceptors (Lipinski definition) is 0. The van der Waals surface area contributed by atoms with Gasteiger partial charge in [-0.3, -0.25) is 0 Å². The lowest BCUT2D eigenvalue weighted by Gasteiger charge is -2.28. The Kier molecular flexibility index (Phi) is 6.57. The fourth-order valence-electron chi connectivity index (χ4n) is 4.17. The van der Waals surface area contributed by atoms with Gasteiger partial charge in [0.2, 0.25) is 0 Å². The van der Waals surface area contributed by atoms with Crippen molar-refractivity contribution in [2.75, 3.05) is 0 Å². The number of benzene rings is 2. The van der Waals surface area contributed by atoms with Crippen LogP contribution in [0.2, 0.25) is 11.6 Å². The van der Waals surface area contributed by atoms with Gasteiger partial charge in [-0.1, -0.05) is 68.5 Å². The first-order valence-corrected chi connectivity index (χ1v) is 11.6. The summed E-state index contributed by atoms with van der Waals surface area (Å²) >= 11 is 0. The molecule has 1 aliphatic rings. The van der Waals surface area contributed by atoms with Crippen molar-refractivity contribution in [3.63, 3.8) is 0 Å². The summed E-state index contributed by atoms with van der Waals surface area (Å²) in [5.74, 6) is -2.87. The van der Waals surface area contributed by atoms with E-state index in [0.717, 1.165) is 30.0 Å². The summed E-state index contributed by atoms with van der Waals surface area (Å²) in [4.78, 5) is 0. The monoisotopic (exact) mass is 376 g/mol. The zero-order valence-corrected chi connectivity index (χ0v) is 16.8. The highest BCUT2D eigenvalue weighted by molar-refractivity contribution is 6.37. The normalized spacial score (nSPS) is 20.8. The average molecular weight is 377 g/mol. The van der Waals surface area contributed by atoms with E-state index in [9.17, 15) is 13.2 Å². The van der Waals surface area contributed by atoms with E-state index in [1.807, 2.05) is 24.3 Å². The van der Waals surface area contributed by atoms with Gasteiger partial charge >= 0.3 is 0 Å². The Bertz CT molecular complexity index is 696. The topological polar surface area (TPSA) is 0 Å². The molecule has 26 heavy (non-hydrogen) atoms. The van der Waals surface area contributed by atoms with E-state index in [4.69, 9.17) is 0 Å². The van der Waals surface area contributed by atoms with Crippen LogP contribution in [0.3, 0.4) is 0 Å². The second-order valence-electron chi connectivity index (χ2n) is 7.66. The van der Waals surface area contributed by atoms with Crippen LogP contribution in [-0.4, -0.2) is 9.52 Å². The summed E-state index contributed by atoms with van der Waals surface area (Å²) in [6, 6.07) is 11.3. The van der Waals surface area contributed by atoms with Gasteiger partial charge in [0.15, 0.2) is 17.5 Å². The van der Waals surface area contributed by atoms with E-state index in [1.165, 1.54) is 43.7 Å². The molecule has 2 aromatic rings. The minimum Gasteiger partial charge on any atom is -0.204 e. The van der Waals surface area contributed by atoms with E-state index in [1.54, 1.807) is 0 Å². The van der Waals surface area contributed by atoms with E-state index in [0.29, 0.717) is 11.1 Å². The lowest BCUT2D eigenvalue weighted by atomic mass is 9.85. The fourth-order valence-corrected chi connectivity index (χ4v) is 6.04. The first-order valence-electron chi connectivity index (χ1n) is 9.80. The Morgan fingerprint density at radius 2 is 1.50 bits per heavy atom. The lowest BCUT2D eigenvalue weighted by Crippen LogP contribution is -2.15. The molecule has 0 radical (unpaired) electrons. The first kappa shape index (κ1) is 19.2. The van der Waals surface area contributed by atoms with E-state index in [2.05, 4.69) is 6.92 Å². The van der Waals surface area contributed by atoms with Gasteiger partial charge in [0.05, 0.1) is 0 Å². The van der Waals surface area contributed by atoms with Crippen molar-refractivity contribution < 1.29 is 13.2 Å². The average Bonchev–Trinajstić information content (AvgIpc) is 2.66. The molecule has 0 bridgehead atoms. The highest BCUT2D eigenvalue weighted by atomic mass is 28.2. The molecule has 0 unspecified atom stereocenters. The summed E-state index contributed by atoms with van der Waals surface area (Å²) in [6.07, 6.45) is 7.90. The molecule has 140 valence electrons. The molecule has 0 saturated heterocycles. The molecule has 0 atom stereocenters.